The molecule has 2 heterocycles. The van der Waals surface area contributed by atoms with Crippen LogP contribution in [0, 0.1) is 5.92 Å². The van der Waals surface area contributed by atoms with E-state index in [1.54, 1.807) is 44.2 Å². The van der Waals surface area contributed by atoms with Gasteiger partial charge in [0, 0.05) is 29.4 Å². The van der Waals surface area contributed by atoms with Gasteiger partial charge in [-0.05, 0) is 25.0 Å². The lowest BCUT2D eigenvalue weighted by molar-refractivity contribution is -0.125. The molecule has 3 atom stereocenters. The van der Waals surface area contributed by atoms with Crippen LogP contribution in [-0.2, 0) is 9.59 Å². The average Bonchev–Trinajstić information content (AvgIpc) is 3.20. The summed E-state index contributed by atoms with van der Waals surface area (Å²) in [5.74, 6) is 1.52. The third kappa shape index (κ3) is 4.52. The molecule has 178 valence electrons. The molecule has 0 aromatic heterocycles. The van der Waals surface area contributed by atoms with Gasteiger partial charge in [-0.15, -0.1) is 0 Å². The van der Waals surface area contributed by atoms with E-state index in [1.807, 2.05) is 38.1 Å². The van der Waals surface area contributed by atoms with Crippen LogP contribution in [0.3, 0.4) is 0 Å². The molecule has 0 bridgehead atoms. The fourth-order valence-electron chi connectivity index (χ4n) is 3.78. The summed E-state index contributed by atoms with van der Waals surface area (Å²) in [6, 6.07) is 12.3. The van der Waals surface area contributed by atoms with Crippen molar-refractivity contribution in [2.75, 3.05) is 19.5 Å². The highest BCUT2D eigenvalue weighted by Crippen LogP contribution is 2.36. The number of ether oxygens (including phenoxy) is 2. The number of fused-ring (bicyclic) bond motifs is 3. The highest BCUT2D eigenvalue weighted by molar-refractivity contribution is 8.15. The summed E-state index contributed by atoms with van der Waals surface area (Å²) < 4.78 is 10.6. The Hall–Kier alpha value is -3.33. The molecule has 1 N–H and O–H groups in total. The molecule has 2 aromatic rings. The van der Waals surface area contributed by atoms with Crippen LogP contribution < -0.4 is 14.8 Å². The maximum absolute atomic E-state index is 13.3. The topological polar surface area (TPSA) is 92.6 Å². The SMILES string of the molecule is CCC(C)C1N=C2c3ccccc3N=C(SC(C)C(=O)Nc3cc(OC)cc(OC)c3)N2C1=O. The summed E-state index contributed by atoms with van der Waals surface area (Å²) in [4.78, 5) is 37.4. The van der Waals surface area contributed by atoms with E-state index < -0.39 is 11.3 Å². The fourth-order valence-corrected chi connectivity index (χ4v) is 4.69. The summed E-state index contributed by atoms with van der Waals surface area (Å²) in [5, 5.41) is 2.83. The molecule has 0 spiro atoms. The van der Waals surface area contributed by atoms with Crippen LogP contribution >= 0.6 is 11.8 Å². The first kappa shape index (κ1) is 23.8. The maximum atomic E-state index is 13.3. The van der Waals surface area contributed by atoms with E-state index in [1.165, 1.54) is 11.8 Å². The number of para-hydroxylation sites is 1. The first-order valence-corrected chi connectivity index (χ1v) is 12.0. The number of carbonyl (C=O) groups excluding carboxylic acids is 2. The van der Waals surface area contributed by atoms with E-state index in [9.17, 15) is 9.59 Å². The molecular weight excluding hydrogens is 452 g/mol. The van der Waals surface area contributed by atoms with Crippen molar-refractivity contribution < 1.29 is 19.1 Å². The van der Waals surface area contributed by atoms with E-state index in [4.69, 9.17) is 19.5 Å². The van der Waals surface area contributed by atoms with Crippen LogP contribution in [0.4, 0.5) is 11.4 Å². The normalized spacial score (nSPS) is 18.3. The second-order valence-electron chi connectivity index (χ2n) is 8.22. The summed E-state index contributed by atoms with van der Waals surface area (Å²) in [6.45, 7) is 5.86. The molecule has 4 rings (SSSR count). The third-order valence-electron chi connectivity index (χ3n) is 5.95. The Morgan fingerprint density at radius 3 is 2.47 bits per heavy atom. The standard InChI is InChI=1S/C25H28N4O4S/c1-6-14(2)21-24(31)29-22(28-21)19-9-7-8-10-20(19)27-25(29)34-15(3)23(30)26-16-11-17(32-4)13-18(12-16)33-5/h7-15,21H,6H2,1-5H3,(H,26,30). The summed E-state index contributed by atoms with van der Waals surface area (Å²) in [5.41, 5.74) is 2.12. The smallest absolute Gasteiger partial charge is 0.259 e. The van der Waals surface area contributed by atoms with Crippen molar-refractivity contribution in [3.63, 3.8) is 0 Å². The van der Waals surface area contributed by atoms with Crippen LogP contribution in [0.15, 0.2) is 52.4 Å². The van der Waals surface area contributed by atoms with E-state index in [0.717, 1.165) is 17.7 Å². The molecule has 2 aliphatic heterocycles. The van der Waals surface area contributed by atoms with Gasteiger partial charge in [0.25, 0.3) is 5.91 Å². The Morgan fingerprint density at radius 2 is 1.82 bits per heavy atom. The van der Waals surface area contributed by atoms with E-state index >= 15 is 0 Å². The summed E-state index contributed by atoms with van der Waals surface area (Å²) in [6.07, 6.45) is 0.838. The molecule has 3 unspecified atom stereocenters. The van der Waals surface area contributed by atoms with Crippen molar-refractivity contribution in [2.24, 2.45) is 15.9 Å². The number of carbonyl (C=O) groups is 2. The predicted octanol–water partition coefficient (Wildman–Crippen LogP) is 4.47. The highest BCUT2D eigenvalue weighted by Gasteiger charge is 2.43. The van der Waals surface area contributed by atoms with Crippen LogP contribution in [0.5, 0.6) is 11.5 Å². The number of methoxy groups -OCH3 is 2. The second-order valence-corrected chi connectivity index (χ2v) is 9.53. The molecule has 2 aliphatic rings. The summed E-state index contributed by atoms with van der Waals surface area (Å²) >= 11 is 1.23. The minimum Gasteiger partial charge on any atom is -0.497 e. The maximum Gasteiger partial charge on any atom is 0.259 e. The number of hydrogen-bond acceptors (Lipinski definition) is 7. The van der Waals surface area contributed by atoms with Crippen LogP contribution in [0.1, 0.15) is 32.8 Å². The minimum atomic E-state index is -0.530. The van der Waals surface area contributed by atoms with Crippen molar-refractivity contribution in [2.45, 2.75) is 38.5 Å². The number of hydrogen-bond donors (Lipinski definition) is 1. The lowest BCUT2D eigenvalue weighted by Gasteiger charge is -2.27. The second kappa shape index (κ2) is 9.89. The lowest BCUT2D eigenvalue weighted by atomic mass is 10.00. The van der Waals surface area contributed by atoms with Crippen LogP contribution in [0.2, 0.25) is 0 Å². The quantitative estimate of drug-likeness (QED) is 0.631. The molecule has 0 radical (unpaired) electrons. The minimum absolute atomic E-state index is 0.102. The molecule has 9 heteroatoms. The number of rotatable bonds is 7. The zero-order valence-corrected chi connectivity index (χ0v) is 20.7. The Bertz CT molecular complexity index is 1160. The Balaban J connectivity index is 1.58. The van der Waals surface area contributed by atoms with Gasteiger partial charge in [0.2, 0.25) is 5.91 Å². The number of anilines is 1. The zero-order chi connectivity index (χ0) is 24.4. The van der Waals surface area contributed by atoms with Crippen molar-refractivity contribution in [1.29, 1.82) is 0 Å². The van der Waals surface area contributed by atoms with E-state index in [0.29, 0.717) is 28.2 Å². The molecule has 2 aromatic carbocycles. The molecule has 0 aliphatic carbocycles. The zero-order valence-electron chi connectivity index (χ0n) is 19.9. The van der Waals surface area contributed by atoms with Gasteiger partial charge < -0.3 is 14.8 Å². The molecule has 34 heavy (non-hydrogen) atoms. The third-order valence-corrected chi connectivity index (χ3v) is 7.00. The van der Waals surface area contributed by atoms with Crippen molar-refractivity contribution in [3.05, 3.63) is 48.0 Å². The van der Waals surface area contributed by atoms with Gasteiger partial charge in [-0.3, -0.25) is 14.6 Å². The van der Waals surface area contributed by atoms with Gasteiger partial charge in [-0.1, -0.05) is 44.2 Å². The van der Waals surface area contributed by atoms with E-state index in [2.05, 4.69) is 5.32 Å². The monoisotopic (exact) mass is 480 g/mol. The van der Waals surface area contributed by atoms with Gasteiger partial charge >= 0.3 is 0 Å². The molecular formula is C25H28N4O4S. The molecule has 0 saturated carbocycles. The number of thioether (sulfide) groups is 1. The highest BCUT2D eigenvalue weighted by atomic mass is 32.2. The van der Waals surface area contributed by atoms with Crippen molar-refractivity contribution in [1.82, 2.24) is 4.90 Å². The Morgan fingerprint density at radius 1 is 1.15 bits per heavy atom. The van der Waals surface area contributed by atoms with Crippen molar-refractivity contribution >= 4 is 46.0 Å². The molecule has 0 saturated heterocycles. The average molecular weight is 481 g/mol. The van der Waals surface area contributed by atoms with Crippen LogP contribution in [0.25, 0.3) is 0 Å². The largest absolute Gasteiger partial charge is 0.497 e. The van der Waals surface area contributed by atoms with Gasteiger partial charge in [0.15, 0.2) is 5.17 Å². The van der Waals surface area contributed by atoms with Gasteiger partial charge in [-0.2, -0.15) is 0 Å². The van der Waals surface area contributed by atoms with Gasteiger partial charge in [-0.25, -0.2) is 9.89 Å². The fraction of sp³-hybridized carbons (Fsp3) is 0.360. The number of amides is 2. The molecule has 0 fully saturated rings. The van der Waals surface area contributed by atoms with Crippen LogP contribution in [-0.4, -0.2) is 53.2 Å². The number of nitrogens with one attached hydrogen (secondary N) is 1. The number of nitrogens with zero attached hydrogens (tertiary/aromatic N) is 3. The van der Waals surface area contributed by atoms with Gasteiger partial charge in [0.1, 0.15) is 23.4 Å². The van der Waals surface area contributed by atoms with E-state index in [-0.39, 0.29) is 17.7 Å². The number of aliphatic imine (C=N–C) groups is 2. The Kier molecular flexibility index (Phi) is 6.92. The molecule has 8 nitrogen and oxygen atoms in total. The Labute approximate surface area is 203 Å². The van der Waals surface area contributed by atoms with Gasteiger partial charge in [0.05, 0.1) is 25.2 Å². The predicted molar refractivity (Wildman–Crippen MR) is 135 cm³/mol. The van der Waals surface area contributed by atoms with Crippen molar-refractivity contribution in [3.8, 4) is 11.5 Å². The number of amidine groups is 2. The number of benzene rings is 2. The first-order valence-electron chi connectivity index (χ1n) is 11.2. The first-order chi connectivity index (χ1) is 16.4. The lowest BCUT2D eigenvalue weighted by Crippen LogP contribution is -2.43. The molecule has 2 amide bonds. The summed E-state index contributed by atoms with van der Waals surface area (Å²) in [7, 11) is 3.10.